The Morgan fingerprint density at radius 3 is 2.75 bits per heavy atom. The summed E-state index contributed by atoms with van der Waals surface area (Å²) in [5.41, 5.74) is 2.05. The van der Waals surface area contributed by atoms with Gasteiger partial charge in [-0.25, -0.2) is 0 Å². The van der Waals surface area contributed by atoms with E-state index in [4.69, 9.17) is 0 Å². The minimum Gasteiger partial charge on any atom is -0.346 e. The minimum absolute atomic E-state index is 0.0514. The van der Waals surface area contributed by atoms with Crippen LogP contribution >= 0.6 is 0 Å². The molecule has 2 unspecified atom stereocenters. The molecule has 0 saturated carbocycles. The highest BCUT2D eigenvalue weighted by Gasteiger charge is 2.19. The summed E-state index contributed by atoms with van der Waals surface area (Å²) in [6.07, 6.45) is 5.37. The van der Waals surface area contributed by atoms with Crippen LogP contribution < -0.4 is 5.32 Å². The molecule has 2 heterocycles. The molecule has 2 aromatic heterocycles. The van der Waals surface area contributed by atoms with Crippen LogP contribution in [-0.4, -0.2) is 25.5 Å². The summed E-state index contributed by atoms with van der Waals surface area (Å²) in [5.74, 6) is -0.0514. The highest BCUT2D eigenvalue weighted by atomic mass is 16.2. The lowest BCUT2D eigenvalue weighted by atomic mass is 10.2. The number of amides is 1. The first kappa shape index (κ1) is 14.3. The zero-order valence-electron chi connectivity index (χ0n) is 12.4. The molecule has 108 valence electrons. The summed E-state index contributed by atoms with van der Waals surface area (Å²) in [5, 5.41) is 11.4. The lowest BCUT2D eigenvalue weighted by molar-refractivity contribution is -0.124. The first-order valence-electron chi connectivity index (χ1n) is 6.85. The minimum atomic E-state index is -0.329. The standard InChI is InChI=1S/C14H21N5O/c1-5-18-13(6-7-15-18)11(3)17-14(20)12(4)19-9-10(2)8-16-19/h6-9,11-12H,5H2,1-4H3,(H,17,20). The van der Waals surface area contributed by atoms with E-state index in [0.29, 0.717) is 0 Å². The predicted molar refractivity (Wildman–Crippen MR) is 76.1 cm³/mol. The van der Waals surface area contributed by atoms with Crippen molar-refractivity contribution in [2.75, 3.05) is 0 Å². The molecule has 0 saturated heterocycles. The highest BCUT2D eigenvalue weighted by Crippen LogP contribution is 2.14. The van der Waals surface area contributed by atoms with Crippen LogP contribution in [0.3, 0.4) is 0 Å². The van der Waals surface area contributed by atoms with Crippen LogP contribution in [-0.2, 0) is 11.3 Å². The van der Waals surface area contributed by atoms with Crippen LogP contribution in [0.4, 0.5) is 0 Å². The van der Waals surface area contributed by atoms with Crippen molar-refractivity contribution in [3.63, 3.8) is 0 Å². The van der Waals surface area contributed by atoms with Gasteiger partial charge in [0.05, 0.1) is 17.9 Å². The molecule has 6 nitrogen and oxygen atoms in total. The number of hydrogen-bond donors (Lipinski definition) is 1. The zero-order valence-corrected chi connectivity index (χ0v) is 12.4. The van der Waals surface area contributed by atoms with Gasteiger partial charge in [0.2, 0.25) is 5.91 Å². The van der Waals surface area contributed by atoms with Crippen molar-refractivity contribution in [2.45, 2.75) is 46.3 Å². The van der Waals surface area contributed by atoms with Gasteiger partial charge in [-0.1, -0.05) is 0 Å². The Morgan fingerprint density at radius 2 is 2.15 bits per heavy atom. The molecular formula is C14H21N5O. The van der Waals surface area contributed by atoms with Gasteiger partial charge in [0.25, 0.3) is 0 Å². The maximum absolute atomic E-state index is 12.3. The Labute approximate surface area is 118 Å². The summed E-state index contributed by atoms with van der Waals surface area (Å²) < 4.78 is 3.56. The molecule has 20 heavy (non-hydrogen) atoms. The van der Waals surface area contributed by atoms with E-state index < -0.39 is 0 Å². The number of nitrogens with zero attached hydrogens (tertiary/aromatic N) is 4. The second-order valence-corrected chi connectivity index (χ2v) is 4.98. The fourth-order valence-electron chi connectivity index (χ4n) is 2.15. The molecular weight excluding hydrogens is 254 g/mol. The molecule has 0 aliphatic heterocycles. The number of aromatic nitrogens is 4. The van der Waals surface area contributed by atoms with E-state index in [2.05, 4.69) is 15.5 Å². The van der Waals surface area contributed by atoms with Crippen LogP contribution in [0.15, 0.2) is 24.7 Å². The molecule has 2 rings (SSSR count). The second-order valence-electron chi connectivity index (χ2n) is 4.98. The van der Waals surface area contributed by atoms with Gasteiger partial charge in [-0.15, -0.1) is 0 Å². The Balaban J connectivity index is 2.04. The van der Waals surface area contributed by atoms with E-state index in [9.17, 15) is 4.79 Å². The second kappa shape index (κ2) is 5.90. The zero-order chi connectivity index (χ0) is 14.7. The van der Waals surface area contributed by atoms with E-state index in [-0.39, 0.29) is 18.0 Å². The van der Waals surface area contributed by atoms with Gasteiger partial charge in [0.15, 0.2) is 0 Å². The van der Waals surface area contributed by atoms with Gasteiger partial charge < -0.3 is 5.32 Å². The van der Waals surface area contributed by atoms with Crippen molar-refractivity contribution in [3.05, 3.63) is 35.9 Å². The summed E-state index contributed by atoms with van der Waals surface area (Å²) in [4.78, 5) is 12.3. The van der Waals surface area contributed by atoms with Gasteiger partial charge >= 0.3 is 0 Å². The van der Waals surface area contributed by atoms with Crippen LogP contribution in [0, 0.1) is 6.92 Å². The van der Waals surface area contributed by atoms with Crippen molar-refractivity contribution in [2.24, 2.45) is 0 Å². The van der Waals surface area contributed by atoms with Gasteiger partial charge in [-0.05, 0) is 39.3 Å². The third-order valence-electron chi connectivity index (χ3n) is 3.36. The largest absolute Gasteiger partial charge is 0.346 e. The van der Waals surface area contributed by atoms with Crippen molar-refractivity contribution in [1.82, 2.24) is 24.9 Å². The first-order chi connectivity index (χ1) is 9.52. The molecule has 0 fully saturated rings. The van der Waals surface area contributed by atoms with Crippen LogP contribution in [0.2, 0.25) is 0 Å². The molecule has 0 aliphatic carbocycles. The lowest BCUT2D eigenvalue weighted by Gasteiger charge is -2.18. The fourth-order valence-corrected chi connectivity index (χ4v) is 2.15. The summed E-state index contributed by atoms with van der Waals surface area (Å²) in [7, 11) is 0. The fraction of sp³-hybridized carbons (Fsp3) is 0.500. The van der Waals surface area contributed by atoms with E-state index in [0.717, 1.165) is 17.8 Å². The monoisotopic (exact) mass is 275 g/mol. The predicted octanol–water partition coefficient (Wildman–Crippen LogP) is 1.85. The Kier molecular flexibility index (Phi) is 4.22. The van der Waals surface area contributed by atoms with Crippen molar-refractivity contribution >= 4 is 5.91 Å². The van der Waals surface area contributed by atoms with Crippen LogP contribution in [0.1, 0.15) is 44.1 Å². The normalized spacial score (nSPS) is 14.0. The molecule has 0 radical (unpaired) electrons. The van der Waals surface area contributed by atoms with Crippen molar-refractivity contribution < 1.29 is 4.79 Å². The average molecular weight is 275 g/mol. The quantitative estimate of drug-likeness (QED) is 0.905. The third kappa shape index (κ3) is 2.89. The van der Waals surface area contributed by atoms with E-state index >= 15 is 0 Å². The lowest BCUT2D eigenvalue weighted by Crippen LogP contribution is -2.34. The van der Waals surface area contributed by atoms with Crippen molar-refractivity contribution in [1.29, 1.82) is 0 Å². The molecule has 0 bridgehead atoms. The third-order valence-corrected chi connectivity index (χ3v) is 3.36. The molecule has 6 heteroatoms. The Morgan fingerprint density at radius 1 is 1.40 bits per heavy atom. The maximum atomic E-state index is 12.3. The number of carbonyl (C=O) groups is 1. The molecule has 2 atom stereocenters. The van der Waals surface area contributed by atoms with Gasteiger partial charge in [-0.3, -0.25) is 14.2 Å². The number of carbonyl (C=O) groups excluding carboxylic acids is 1. The SMILES string of the molecule is CCn1nccc1C(C)NC(=O)C(C)n1cc(C)cn1. The number of rotatable bonds is 5. The molecule has 1 amide bonds. The summed E-state index contributed by atoms with van der Waals surface area (Å²) in [6, 6.07) is 1.52. The number of nitrogens with one attached hydrogen (secondary N) is 1. The van der Waals surface area contributed by atoms with Gasteiger partial charge in [0, 0.05) is 18.9 Å². The van der Waals surface area contributed by atoms with E-state index in [1.54, 1.807) is 17.1 Å². The Hall–Kier alpha value is -2.11. The van der Waals surface area contributed by atoms with Crippen LogP contribution in [0.25, 0.3) is 0 Å². The molecule has 1 N–H and O–H groups in total. The smallest absolute Gasteiger partial charge is 0.245 e. The molecule has 0 aromatic carbocycles. The number of hydrogen-bond acceptors (Lipinski definition) is 3. The van der Waals surface area contributed by atoms with Gasteiger partial charge in [-0.2, -0.15) is 10.2 Å². The number of aryl methyl sites for hydroxylation is 2. The van der Waals surface area contributed by atoms with E-state index in [1.807, 2.05) is 44.6 Å². The Bertz CT molecular complexity index is 586. The van der Waals surface area contributed by atoms with Crippen molar-refractivity contribution in [3.8, 4) is 0 Å². The summed E-state index contributed by atoms with van der Waals surface area (Å²) in [6.45, 7) is 8.57. The first-order valence-corrected chi connectivity index (χ1v) is 6.85. The molecule has 0 aliphatic rings. The highest BCUT2D eigenvalue weighted by molar-refractivity contribution is 5.80. The van der Waals surface area contributed by atoms with Crippen LogP contribution in [0.5, 0.6) is 0 Å². The van der Waals surface area contributed by atoms with E-state index in [1.165, 1.54) is 0 Å². The van der Waals surface area contributed by atoms with Gasteiger partial charge in [0.1, 0.15) is 6.04 Å². The maximum Gasteiger partial charge on any atom is 0.245 e. The summed E-state index contributed by atoms with van der Waals surface area (Å²) >= 11 is 0. The average Bonchev–Trinajstić information content (AvgIpc) is 3.05. The molecule has 0 spiro atoms. The topological polar surface area (TPSA) is 64.7 Å². The molecule has 2 aromatic rings.